The molecule has 0 unspecified atom stereocenters. The van der Waals surface area contributed by atoms with E-state index < -0.39 is 0 Å². The summed E-state index contributed by atoms with van der Waals surface area (Å²) in [5.41, 5.74) is 1.16. The third-order valence-electron chi connectivity index (χ3n) is 3.37. The van der Waals surface area contributed by atoms with Crippen LogP contribution in [0.5, 0.6) is 11.5 Å². The zero-order valence-corrected chi connectivity index (χ0v) is 13.6. The van der Waals surface area contributed by atoms with Gasteiger partial charge >= 0.3 is 0 Å². The van der Waals surface area contributed by atoms with E-state index in [9.17, 15) is 0 Å². The van der Waals surface area contributed by atoms with E-state index in [0.29, 0.717) is 10.8 Å². The third-order valence-corrected chi connectivity index (χ3v) is 3.72. The second kappa shape index (κ2) is 9.89. The van der Waals surface area contributed by atoms with Gasteiger partial charge in [0.25, 0.3) is 0 Å². The lowest BCUT2D eigenvalue weighted by molar-refractivity contribution is 0.391. The third kappa shape index (κ3) is 5.22. The molecule has 0 aromatic heterocycles. The largest absolute Gasteiger partial charge is 0.495 e. The predicted molar refractivity (Wildman–Crippen MR) is 85.3 cm³/mol. The molecule has 0 spiro atoms. The van der Waals surface area contributed by atoms with Crippen LogP contribution in [0.1, 0.15) is 38.2 Å². The second-order valence-electron chi connectivity index (χ2n) is 4.79. The quantitative estimate of drug-likeness (QED) is 0.661. The number of methoxy groups -OCH3 is 2. The van der Waals surface area contributed by atoms with Gasteiger partial charge < -0.3 is 14.8 Å². The minimum absolute atomic E-state index is 0.569. The monoisotopic (exact) mass is 299 g/mol. The summed E-state index contributed by atoms with van der Waals surface area (Å²) in [6.07, 6.45) is 5.89. The molecule has 0 amide bonds. The lowest BCUT2D eigenvalue weighted by Gasteiger charge is -2.13. The lowest BCUT2D eigenvalue weighted by Crippen LogP contribution is -2.13. The van der Waals surface area contributed by atoms with Crippen LogP contribution in [0.4, 0.5) is 0 Å². The average Bonchev–Trinajstić information content (AvgIpc) is 2.46. The Morgan fingerprint density at radius 1 is 1.05 bits per heavy atom. The van der Waals surface area contributed by atoms with Crippen molar-refractivity contribution in [2.45, 2.75) is 39.0 Å². The maximum atomic E-state index is 6.25. The Morgan fingerprint density at radius 3 is 2.45 bits per heavy atom. The SMILES string of the molecule is CCNCCCCCCc1ccc(OC)c(Cl)c1OC. The van der Waals surface area contributed by atoms with Crippen molar-refractivity contribution in [2.75, 3.05) is 27.3 Å². The van der Waals surface area contributed by atoms with E-state index in [1.165, 1.54) is 19.3 Å². The highest BCUT2D eigenvalue weighted by atomic mass is 35.5. The van der Waals surface area contributed by atoms with Gasteiger partial charge in [0, 0.05) is 0 Å². The number of ether oxygens (including phenoxy) is 2. The molecule has 0 aliphatic heterocycles. The highest BCUT2D eigenvalue weighted by molar-refractivity contribution is 6.33. The van der Waals surface area contributed by atoms with Crippen LogP contribution in [0.3, 0.4) is 0 Å². The zero-order chi connectivity index (χ0) is 14.8. The molecular weight excluding hydrogens is 274 g/mol. The summed E-state index contributed by atoms with van der Waals surface area (Å²) >= 11 is 6.25. The number of rotatable bonds is 10. The van der Waals surface area contributed by atoms with Crippen molar-refractivity contribution in [3.05, 3.63) is 22.7 Å². The molecule has 1 aromatic carbocycles. The molecule has 1 aromatic rings. The minimum atomic E-state index is 0.569. The zero-order valence-electron chi connectivity index (χ0n) is 12.8. The van der Waals surface area contributed by atoms with Crippen molar-refractivity contribution < 1.29 is 9.47 Å². The van der Waals surface area contributed by atoms with Crippen molar-refractivity contribution in [2.24, 2.45) is 0 Å². The first kappa shape index (κ1) is 17.1. The highest BCUT2D eigenvalue weighted by Gasteiger charge is 2.12. The van der Waals surface area contributed by atoms with E-state index >= 15 is 0 Å². The predicted octanol–water partition coefficient (Wildman–Crippen LogP) is 4.07. The van der Waals surface area contributed by atoms with Crippen molar-refractivity contribution >= 4 is 11.6 Å². The summed E-state index contributed by atoms with van der Waals surface area (Å²) in [7, 11) is 3.27. The van der Waals surface area contributed by atoms with Gasteiger partial charge in [0.2, 0.25) is 0 Å². The molecule has 0 fully saturated rings. The van der Waals surface area contributed by atoms with Crippen LogP contribution in [0.2, 0.25) is 5.02 Å². The molecule has 0 saturated carbocycles. The Morgan fingerprint density at radius 2 is 1.80 bits per heavy atom. The summed E-state index contributed by atoms with van der Waals surface area (Å²) < 4.78 is 10.6. The van der Waals surface area contributed by atoms with E-state index in [0.717, 1.165) is 37.2 Å². The molecule has 0 heterocycles. The van der Waals surface area contributed by atoms with E-state index in [-0.39, 0.29) is 0 Å². The van der Waals surface area contributed by atoms with Crippen LogP contribution in [0.25, 0.3) is 0 Å². The van der Waals surface area contributed by atoms with Crippen molar-refractivity contribution in [3.8, 4) is 11.5 Å². The van der Waals surface area contributed by atoms with Gasteiger partial charge in [-0.1, -0.05) is 37.4 Å². The molecule has 20 heavy (non-hydrogen) atoms. The number of aryl methyl sites for hydroxylation is 1. The number of hydrogen-bond donors (Lipinski definition) is 1. The van der Waals surface area contributed by atoms with Crippen LogP contribution in [-0.2, 0) is 6.42 Å². The Labute approximate surface area is 127 Å². The fourth-order valence-electron chi connectivity index (χ4n) is 2.25. The smallest absolute Gasteiger partial charge is 0.144 e. The Kier molecular flexibility index (Phi) is 8.47. The summed E-state index contributed by atoms with van der Waals surface area (Å²) in [5.74, 6) is 1.41. The molecule has 4 heteroatoms. The maximum absolute atomic E-state index is 6.25. The van der Waals surface area contributed by atoms with Gasteiger partial charge in [0.15, 0.2) is 0 Å². The molecule has 114 valence electrons. The number of benzene rings is 1. The summed E-state index contributed by atoms with van der Waals surface area (Å²) in [6, 6.07) is 3.95. The normalized spacial score (nSPS) is 10.6. The Bertz CT molecular complexity index is 396. The molecule has 0 atom stereocenters. The summed E-state index contributed by atoms with van der Waals surface area (Å²) in [6.45, 7) is 4.31. The van der Waals surface area contributed by atoms with Gasteiger partial charge in [-0.2, -0.15) is 0 Å². The molecule has 0 radical (unpaired) electrons. The molecular formula is C16H26ClNO2. The molecule has 0 saturated heterocycles. The fourth-order valence-corrected chi connectivity index (χ4v) is 2.59. The van der Waals surface area contributed by atoms with Gasteiger partial charge in [-0.25, -0.2) is 0 Å². The van der Waals surface area contributed by atoms with Crippen LogP contribution in [0, 0.1) is 0 Å². The van der Waals surface area contributed by atoms with Crippen LogP contribution < -0.4 is 14.8 Å². The first-order valence-electron chi connectivity index (χ1n) is 7.34. The van der Waals surface area contributed by atoms with Gasteiger partial charge in [0.05, 0.1) is 14.2 Å². The molecule has 1 rings (SSSR count). The summed E-state index contributed by atoms with van der Waals surface area (Å²) in [4.78, 5) is 0. The number of halogens is 1. The first-order chi connectivity index (χ1) is 9.74. The van der Waals surface area contributed by atoms with Crippen molar-refractivity contribution in [3.63, 3.8) is 0 Å². The van der Waals surface area contributed by atoms with Gasteiger partial charge in [-0.3, -0.25) is 0 Å². The van der Waals surface area contributed by atoms with E-state index in [1.807, 2.05) is 12.1 Å². The molecule has 0 bridgehead atoms. The molecule has 3 nitrogen and oxygen atoms in total. The summed E-state index contributed by atoms with van der Waals surface area (Å²) in [5, 5.41) is 3.91. The molecule has 1 N–H and O–H groups in total. The highest BCUT2D eigenvalue weighted by Crippen LogP contribution is 2.37. The number of unbranched alkanes of at least 4 members (excludes halogenated alkanes) is 3. The van der Waals surface area contributed by atoms with Crippen LogP contribution in [0.15, 0.2) is 12.1 Å². The standard InChI is InChI=1S/C16H26ClNO2/c1-4-18-12-8-6-5-7-9-13-10-11-14(19-2)15(17)16(13)20-3/h10-11,18H,4-9,12H2,1-3H3. The first-order valence-corrected chi connectivity index (χ1v) is 7.72. The van der Waals surface area contributed by atoms with Crippen molar-refractivity contribution in [1.29, 1.82) is 0 Å². The van der Waals surface area contributed by atoms with Crippen LogP contribution in [-0.4, -0.2) is 27.3 Å². The molecule has 0 aliphatic carbocycles. The van der Waals surface area contributed by atoms with E-state index in [2.05, 4.69) is 12.2 Å². The van der Waals surface area contributed by atoms with Gasteiger partial charge in [0.1, 0.15) is 16.5 Å². The van der Waals surface area contributed by atoms with E-state index in [4.69, 9.17) is 21.1 Å². The fraction of sp³-hybridized carbons (Fsp3) is 0.625. The van der Waals surface area contributed by atoms with E-state index in [1.54, 1.807) is 14.2 Å². The molecule has 0 aliphatic rings. The van der Waals surface area contributed by atoms with Crippen molar-refractivity contribution in [1.82, 2.24) is 5.32 Å². The average molecular weight is 300 g/mol. The Balaban J connectivity index is 2.42. The van der Waals surface area contributed by atoms with Gasteiger partial charge in [-0.15, -0.1) is 0 Å². The van der Waals surface area contributed by atoms with Gasteiger partial charge in [-0.05, 0) is 44.0 Å². The second-order valence-corrected chi connectivity index (χ2v) is 5.17. The minimum Gasteiger partial charge on any atom is -0.495 e. The number of hydrogen-bond acceptors (Lipinski definition) is 3. The van der Waals surface area contributed by atoms with Crippen LogP contribution >= 0.6 is 11.6 Å². The lowest BCUT2D eigenvalue weighted by atomic mass is 10.0. The Hall–Kier alpha value is -0.930. The topological polar surface area (TPSA) is 30.5 Å². The maximum Gasteiger partial charge on any atom is 0.144 e. The number of nitrogens with one attached hydrogen (secondary N) is 1.